The van der Waals surface area contributed by atoms with Crippen molar-refractivity contribution in [2.45, 2.75) is 31.3 Å². The fourth-order valence-corrected chi connectivity index (χ4v) is 3.52. The van der Waals surface area contributed by atoms with Gasteiger partial charge < -0.3 is 9.63 Å². The van der Waals surface area contributed by atoms with Gasteiger partial charge in [-0.25, -0.2) is 0 Å². The molecule has 1 aliphatic heterocycles. The lowest BCUT2D eigenvalue weighted by molar-refractivity contribution is -0.144. The smallest absolute Gasteiger partial charge is 0.325 e. The summed E-state index contributed by atoms with van der Waals surface area (Å²) in [5.41, 5.74) is 1.93. The largest absolute Gasteiger partial charge is 0.480 e. The molecule has 2 fully saturated rings. The number of nitrogens with zero attached hydrogens (tertiary/aromatic N) is 3. The van der Waals surface area contributed by atoms with Gasteiger partial charge >= 0.3 is 5.97 Å². The number of piperazine rings is 1. The highest BCUT2D eigenvalue weighted by Crippen LogP contribution is 2.39. The highest BCUT2D eigenvalue weighted by Gasteiger charge is 2.31. The van der Waals surface area contributed by atoms with Gasteiger partial charge in [-0.3, -0.25) is 14.6 Å². The van der Waals surface area contributed by atoms with E-state index < -0.39 is 12.0 Å². The van der Waals surface area contributed by atoms with Crippen LogP contribution in [0.25, 0.3) is 0 Å². The number of carbonyl (C=O) groups is 1. The van der Waals surface area contributed by atoms with Crippen LogP contribution in [0.4, 0.5) is 0 Å². The fourth-order valence-electron chi connectivity index (χ4n) is 3.52. The quantitative estimate of drug-likeness (QED) is 0.870. The number of hydrogen-bond acceptors (Lipinski definition) is 5. The second-order valence-corrected chi connectivity index (χ2v) is 6.96. The molecule has 2 aliphatic rings. The Morgan fingerprint density at radius 2 is 1.92 bits per heavy atom. The molecule has 1 aromatic heterocycles. The van der Waals surface area contributed by atoms with Crippen LogP contribution in [-0.2, 0) is 11.3 Å². The van der Waals surface area contributed by atoms with Crippen molar-refractivity contribution in [1.29, 1.82) is 0 Å². The van der Waals surface area contributed by atoms with Crippen molar-refractivity contribution in [3.63, 3.8) is 0 Å². The van der Waals surface area contributed by atoms with E-state index >= 15 is 0 Å². The van der Waals surface area contributed by atoms with Crippen LogP contribution < -0.4 is 0 Å². The number of rotatable bonds is 6. The van der Waals surface area contributed by atoms with Gasteiger partial charge in [0.15, 0.2) is 5.76 Å². The van der Waals surface area contributed by atoms with Crippen LogP contribution in [0.2, 0.25) is 0 Å². The molecule has 1 saturated heterocycles. The van der Waals surface area contributed by atoms with E-state index in [2.05, 4.69) is 16.1 Å². The average molecular weight is 341 g/mol. The van der Waals surface area contributed by atoms with Crippen LogP contribution in [-0.4, -0.2) is 52.2 Å². The number of hydrogen-bond donors (Lipinski definition) is 1. The summed E-state index contributed by atoms with van der Waals surface area (Å²) in [5.74, 6) is 0.730. The highest BCUT2D eigenvalue weighted by molar-refractivity contribution is 5.75. The molecule has 1 unspecified atom stereocenters. The first-order chi connectivity index (χ1) is 12.2. The van der Waals surface area contributed by atoms with Crippen LogP contribution in [0.5, 0.6) is 0 Å². The van der Waals surface area contributed by atoms with Crippen LogP contribution in [0, 0.1) is 0 Å². The maximum atomic E-state index is 11.8. The van der Waals surface area contributed by atoms with Crippen LogP contribution >= 0.6 is 0 Å². The molecule has 1 saturated carbocycles. The molecule has 1 N–H and O–H groups in total. The van der Waals surface area contributed by atoms with Gasteiger partial charge in [-0.2, -0.15) is 0 Å². The van der Waals surface area contributed by atoms with Crippen molar-refractivity contribution in [1.82, 2.24) is 15.0 Å². The second kappa shape index (κ2) is 6.98. The molecule has 1 atom stereocenters. The molecule has 1 aliphatic carbocycles. The van der Waals surface area contributed by atoms with E-state index in [1.807, 2.05) is 35.2 Å². The Balaban J connectivity index is 1.35. The number of carboxylic acids is 1. The van der Waals surface area contributed by atoms with Crippen molar-refractivity contribution < 1.29 is 14.4 Å². The summed E-state index contributed by atoms with van der Waals surface area (Å²) in [6.45, 7) is 3.87. The van der Waals surface area contributed by atoms with Crippen molar-refractivity contribution in [3.05, 3.63) is 53.4 Å². The van der Waals surface area contributed by atoms with E-state index in [1.54, 1.807) is 0 Å². The zero-order valence-corrected chi connectivity index (χ0v) is 14.2. The third-order valence-corrected chi connectivity index (χ3v) is 5.07. The summed E-state index contributed by atoms with van der Waals surface area (Å²) < 4.78 is 5.45. The number of carboxylic acid groups (broad SMARTS) is 1. The van der Waals surface area contributed by atoms with Gasteiger partial charge in [-0.05, 0) is 18.4 Å². The predicted octanol–water partition coefficient (Wildman–Crippen LogP) is 2.50. The molecule has 0 bridgehead atoms. The molecule has 0 spiro atoms. The van der Waals surface area contributed by atoms with Crippen LogP contribution in [0.3, 0.4) is 0 Å². The first-order valence-corrected chi connectivity index (χ1v) is 8.90. The van der Waals surface area contributed by atoms with E-state index in [4.69, 9.17) is 4.52 Å². The van der Waals surface area contributed by atoms with Crippen molar-refractivity contribution >= 4 is 5.97 Å². The van der Waals surface area contributed by atoms with Crippen molar-refractivity contribution in [2.75, 3.05) is 26.2 Å². The molecule has 132 valence electrons. The number of aliphatic carboxylic acids is 1. The Morgan fingerprint density at radius 3 is 2.56 bits per heavy atom. The second-order valence-electron chi connectivity index (χ2n) is 6.96. The highest BCUT2D eigenvalue weighted by atomic mass is 16.5. The van der Waals surface area contributed by atoms with E-state index in [0.717, 1.165) is 49.7 Å². The molecule has 6 heteroatoms. The van der Waals surface area contributed by atoms with Gasteiger partial charge in [0.05, 0.1) is 12.2 Å². The molecular formula is C19H23N3O3. The summed E-state index contributed by atoms with van der Waals surface area (Å²) in [6, 6.07) is 11.0. The zero-order chi connectivity index (χ0) is 17.2. The SMILES string of the molecule is O=C(O)C(c1ccccc1)N1CCN(Cc2cc(C3CC3)no2)CC1. The third kappa shape index (κ3) is 3.75. The van der Waals surface area contributed by atoms with Gasteiger partial charge in [-0.15, -0.1) is 0 Å². The minimum Gasteiger partial charge on any atom is -0.480 e. The Labute approximate surface area is 147 Å². The summed E-state index contributed by atoms with van der Waals surface area (Å²) in [5, 5.41) is 13.8. The lowest BCUT2D eigenvalue weighted by Crippen LogP contribution is -2.48. The summed E-state index contributed by atoms with van der Waals surface area (Å²) in [4.78, 5) is 16.1. The lowest BCUT2D eigenvalue weighted by Gasteiger charge is -2.37. The Morgan fingerprint density at radius 1 is 1.20 bits per heavy atom. The van der Waals surface area contributed by atoms with E-state index in [1.165, 1.54) is 12.8 Å². The van der Waals surface area contributed by atoms with Crippen molar-refractivity contribution in [3.8, 4) is 0 Å². The topological polar surface area (TPSA) is 69.8 Å². The van der Waals surface area contributed by atoms with E-state index in [9.17, 15) is 9.90 Å². The van der Waals surface area contributed by atoms with Gasteiger partial charge in [0.1, 0.15) is 6.04 Å². The molecular weight excluding hydrogens is 318 g/mol. The van der Waals surface area contributed by atoms with Gasteiger partial charge in [-0.1, -0.05) is 35.5 Å². The Bertz CT molecular complexity index is 719. The van der Waals surface area contributed by atoms with Gasteiger partial charge in [0.25, 0.3) is 0 Å². The van der Waals surface area contributed by atoms with Gasteiger partial charge in [0.2, 0.25) is 0 Å². The molecule has 2 aromatic rings. The number of aromatic nitrogens is 1. The Hall–Kier alpha value is -2.18. The molecule has 0 radical (unpaired) electrons. The number of benzene rings is 1. The third-order valence-electron chi connectivity index (χ3n) is 5.07. The standard InChI is InChI=1S/C19H23N3O3/c23-19(24)18(15-4-2-1-3-5-15)22-10-8-21(9-11-22)13-16-12-17(20-25-16)14-6-7-14/h1-5,12,14,18H,6-11,13H2,(H,23,24). The van der Waals surface area contributed by atoms with Crippen LogP contribution in [0.15, 0.2) is 40.9 Å². The zero-order valence-electron chi connectivity index (χ0n) is 14.2. The molecule has 6 nitrogen and oxygen atoms in total. The molecule has 0 amide bonds. The minimum atomic E-state index is -0.788. The average Bonchev–Trinajstić information content (AvgIpc) is 3.37. The summed E-state index contributed by atoms with van der Waals surface area (Å²) >= 11 is 0. The maximum Gasteiger partial charge on any atom is 0.325 e. The molecule has 2 heterocycles. The summed E-state index contributed by atoms with van der Waals surface area (Å²) in [7, 11) is 0. The first-order valence-electron chi connectivity index (χ1n) is 8.90. The maximum absolute atomic E-state index is 11.8. The molecule has 1 aromatic carbocycles. The molecule has 25 heavy (non-hydrogen) atoms. The monoisotopic (exact) mass is 341 g/mol. The molecule has 4 rings (SSSR count). The summed E-state index contributed by atoms with van der Waals surface area (Å²) in [6.07, 6.45) is 2.45. The fraction of sp³-hybridized carbons (Fsp3) is 0.474. The first kappa shape index (κ1) is 16.3. The van der Waals surface area contributed by atoms with Crippen LogP contribution in [0.1, 0.15) is 41.8 Å². The Kier molecular flexibility index (Phi) is 4.55. The van der Waals surface area contributed by atoms with Gasteiger partial charge in [0, 0.05) is 38.2 Å². The lowest BCUT2D eigenvalue weighted by atomic mass is 10.0. The van der Waals surface area contributed by atoms with Crippen molar-refractivity contribution in [2.24, 2.45) is 0 Å². The predicted molar refractivity (Wildman–Crippen MR) is 92.1 cm³/mol. The normalized spacial score (nSPS) is 20.5. The van der Waals surface area contributed by atoms with E-state index in [0.29, 0.717) is 5.92 Å². The van der Waals surface area contributed by atoms with E-state index in [-0.39, 0.29) is 0 Å². The minimum absolute atomic E-state index is 0.574.